The molecule has 2 N–H and O–H groups in total. The van der Waals surface area contributed by atoms with E-state index in [1.165, 1.54) is 6.07 Å². The molecule has 0 unspecified atom stereocenters. The van der Waals surface area contributed by atoms with Crippen LogP contribution in [0.2, 0.25) is 0 Å². The van der Waals surface area contributed by atoms with Crippen LogP contribution in [0.4, 0.5) is 0 Å². The maximum Gasteiger partial charge on any atom is 0.223 e. The first-order chi connectivity index (χ1) is 7.09. The van der Waals surface area contributed by atoms with E-state index in [0.29, 0.717) is 22.8 Å². The fourth-order valence-corrected chi connectivity index (χ4v) is 1.28. The normalized spacial score (nSPS) is 10.5. The Hall–Kier alpha value is -2.04. The molecule has 0 bridgehead atoms. The number of phenols is 2. The van der Waals surface area contributed by atoms with Crippen molar-refractivity contribution < 1.29 is 14.7 Å². The Balaban J connectivity index is 2.59. The van der Waals surface area contributed by atoms with Crippen molar-refractivity contribution in [1.29, 1.82) is 0 Å². The maximum atomic E-state index is 9.76. The van der Waals surface area contributed by atoms with Gasteiger partial charge in [-0.25, -0.2) is 0 Å². The minimum Gasteiger partial charge on any atom is -0.508 e. The zero-order valence-electron chi connectivity index (χ0n) is 8.35. The van der Waals surface area contributed by atoms with E-state index in [-0.39, 0.29) is 11.5 Å². The van der Waals surface area contributed by atoms with E-state index in [4.69, 9.17) is 4.52 Å². The number of aromatic hydroxyl groups is 2. The third-order valence-electron chi connectivity index (χ3n) is 2.17. The summed E-state index contributed by atoms with van der Waals surface area (Å²) in [5.74, 6) is 0.746. The van der Waals surface area contributed by atoms with Crippen LogP contribution in [0.15, 0.2) is 16.7 Å². The van der Waals surface area contributed by atoms with Crippen LogP contribution in [0.25, 0.3) is 11.4 Å². The highest BCUT2D eigenvalue weighted by atomic mass is 16.5. The minimum absolute atomic E-state index is 0.0317. The van der Waals surface area contributed by atoms with Gasteiger partial charge in [0.2, 0.25) is 11.7 Å². The van der Waals surface area contributed by atoms with E-state index in [0.717, 1.165) is 0 Å². The number of aryl methyl sites for hydroxylation is 1. The van der Waals surface area contributed by atoms with E-state index >= 15 is 0 Å². The summed E-state index contributed by atoms with van der Waals surface area (Å²) in [5.41, 5.74) is 0.845. The SMILES string of the molecule is Cc1nc(-c2ccc(O)c(C)c2O)no1. The van der Waals surface area contributed by atoms with Gasteiger partial charge in [-0.2, -0.15) is 4.98 Å². The van der Waals surface area contributed by atoms with Gasteiger partial charge in [-0.05, 0) is 19.1 Å². The van der Waals surface area contributed by atoms with Gasteiger partial charge in [-0.15, -0.1) is 0 Å². The molecule has 0 radical (unpaired) electrons. The molecule has 15 heavy (non-hydrogen) atoms. The molecule has 0 atom stereocenters. The van der Waals surface area contributed by atoms with Crippen LogP contribution in [-0.2, 0) is 0 Å². The van der Waals surface area contributed by atoms with Crippen molar-refractivity contribution in [3.8, 4) is 22.9 Å². The topological polar surface area (TPSA) is 79.4 Å². The number of nitrogens with zero attached hydrogens (tertiary/aromatic N) is 2. The summed E-state index contributed by atoms with van der Waals surface area (Å²) in [4.78, 5) is 3.99. The molecule has 1 aromatic carbocycles. The van der Waals surface area contributed by atoms with Gasteiger partial charge in [-0.3, -0.25) is 0 Å². The second-order valence-electron chi connectivity index (χ2n) is 3.24. The molecule has 0 saturated heterocycles. The Morgan fingerprint density at radius 1 is 1.20 bits per heavy atom. The van der Waals surface area contributed by atoms with Crippen LogP contribution in [0.1, 0.15) is 11.5 Å². The lowest BCUT2D eigenvalue weighted by molar-refractivity contribution is 0.393. The van der Waals surface area contributed by atoms with Crippen LogP contribution in [0.3, 0.4) is 0 Å². The van der Waals surface area contributed by atoms with Gasteiger partial charge in [0.25, 0.3) is 0 Å². The highest BCUT2D eigenvalue weighted by Crippen LogP contribution is 2.34. The Labute approximate surface area is 86.0 Å². The van der Waals surface area contributed by atoms with E-state index in [9.17, 15) is 10.2 Å². The van der Waals surface area contributed by atoms with Crippen molar-refractivity contribution in [1.82, 2.24) is 10.1 Å². The van der Waals surface area contributed by atoms with Gasteiger partial charge in [0.1, 0.15) is 11.5 Å². The van der Waals surface area contributed by atoms with E-state index in [1.807, 2.05) is 0 Å². The summed E-state index contributed by atoms with van der Waals surface area (Å²) in [6, 6.07) is 3.03. The minimum atomic E-state index is -0.0317. The van der Waals surface area contributed by atoms with Gasteiger partial charge < -0.3 is 14.7 Å². The lowest BCUT2D eigenvalue weighted by Gasteiger charge is -2.04. The summed E-state index contributed by atoms with van der Waals surface area (Å²) < 4.78 is 4.81. The third kappa shape index (κ3) is 1.52. The molecule has 0 aliphatic heterocycles. The third-order valence-corrected chi connectivity index (χ3v) is 2.17. The van der Waals surface area contributed by atoms with E-state index in [1.54, 1.807) is 19.9 Å². The number of benzene rings is 1. The molecule has 1 heterocycles. The van der Waals surface area contributed by atoms with E-state index < -0.39 is 0 Å². The lowest BCUT2D eigenvalue weighted by atomic mass is 10.1. The molecule has 2 aromatic rings. The summed E-state index contributed by atoms with van der Waals surface area (Å²) in [5, 5.41) is 22.8. The fourth-order valence-electron chi connectivity index (χ4n) is 1.28. The summed E-state index contributed by atoms with van der Waals surface area (Å²) in [6.07, 6.45) is 0. The van der Waals surface area contributed by atoms with Crippen LogP contribution in [-0.4, -0.2) is 20.4 Å². The van der Waals surface area contributed by atoms with E-state index in [2.05, 4.69) is 10.1 Å². The van der Waals surface area contributed by atoms with Gasteiger partial charge >= 0.3 is 0 Å². The first kappa shape index (κ1) is 9.51. The van der Waals surface area contributed by atoms with Crippen molar-refractivity contribution >= 4 is 0 Å². The first-order valence-corrected chi connectivity index (χ1v) is 4.42. The zero-order valence-corrected chi connectivity index (χ0v) is 8.35. The number of rotatable bonds is 1. The zero-order chi connectivity index (χ0) is 11.0. The van der Waals surface area contributed by atoms with Crippen molar-refractivity contribution in [3.63, 3.8) is 0 Å². The highest BCUT2D eigenvalue weighted by molar-refractivity contribution is 5.67. The van der Waals surface area contributed by atoms with Gasteiger partial charge in [0.05, 0.1) is 5.56 Å². The predicted octanol–water partition coefficient (Wildman–Crippen LogP) is 1.76. The van der Waals surface area contributed by atoms with Crippen LogP contribution in [0, 0.1) is 13.8 Å². The van der Waals surface area contributed by atoms with Gasteiger partial charge in [0.15, 0.2) is 0 Å². The molecular weight excluding hydrogens is 196 g/mol. The highest BCUT2D eigenvalue weighted by Gasteiger charge is 2.14. The maximum absolute atomic E-state index is 9.76. The van der Waals surface area contributed by atoms with Crippen molar-refractivity contribution in [3.05, 3.63) is 23.6 Å². The van der Waals surface area contributed by atoms with Crippen molar-refractivity contribution in [2.24, 2.45) is 0 Å². The summed E-state index contributed by atoms with van der Waals surface area (Å²) in [6.45, 7) is 3.28. The van der Waals surface area contributed by atoms with Crippen LogP contribution in [0.5, 0.6) is 11.5 Å². The van der Waals surface area contributed by atoms with Crippen LogP contribution >= 0.6 is 0 Å². The molecule has 0 aliphatic rings. The molecule has 78 valence electrons. The molecule has 1 aromatic heterocycles. The second-order valence-corrected chi connectivity index (χ2v) is 3.24. The molecule has 0 saturated carbocycles. The number of hydrogen-bond donors (Lipinski definition) is 2. The van der Waals surface area contributed by atoms with Gasteiger partial charge in [0, 0.05) is 12.5 Å². The van der Waals surface area contributed by atoms with Crippen LogP contribution < -0.4 is 0 Å². The molecule has 0 amide bonds. The predicted molar refractivity (Wildman–Crippen MR) is 52.5 cm³/mol. The summed E-state index contributed by atoms with van der Waals surface area (Å²) in [7, 11) is 0. The number of hydrogen-bond acceptors (Lipinski definition) is 5. The second kappa shape index (κ2) is 3.27. The standard InChI is InChI=1S/C10H10N2O3/c1-5-8(13)4-3-7(9(5)14)10-11-6(2)15-12-10/h3-4,13-14H,1-2H3. The smallest absolute Gasteiger partial charge is 0.223 e. The molecule has 0 spiro atoms. The molecule has 0 aliphatic carbocycles. The molecular formula is C10H10N2O3. The molecule has 5 heteroatoms. The number of phenolic OH excluding ortho intramolecular Hbond substituents is 2. The molecule has 0 fully saturated rings. The average Bonchev–Trinajstić information content (AvgIpc) is 2.61. The quantitative estimate of drug-likeness (QED) is 0.743. The monoisotopic (exact) mass is 206 g/mol. The van der Waals surface area contributed by atoms with Gasteiger partial charge in [-0.1, -0.05) is 5.16 Å². The Bertz CT molecular complexity index is 505. The molecule has 2 rings (SSSR count). The van der Waals surface area contributed by atoms with Crippen molar-refractivity contribution in [2.75, 3.05) is 0 Å². The number of aromatic nitrogens is 2. The van der Waals surface area contributed by atoms with Crippen molar-refractivity contribution in [2.45, 2.75) is 13.8 Å². The molecule has 5 nitrogen and oxygen atoms in total. The summed E-state index contributed by atoms with van der Waals surface area (Å²) >= 11 is 0. The largest absolute Gasteiger partial charge is 0.508 e. The lowest BCUT2D eigenvalue weighted by Crippen LogP contribution is -1.85. The Morgan fingerprint density at radius 2 is 1.93 bits per heavy atom. The fraction of sp³-hybridized carbons (Fsp3) is 0.200. The Kier molecular flexibility index (Phi) is 2.07. The average molecular weight is 206 g/mol. The first-order valence-electron chi connectivity index (χ1n) is 4.42. The Morgan fingerprint density at radius 3 is 2.53 bits per heavy atom.